The summed E-state index contributed by atoms with van der Waals surface area (Å²) in [7, 11) is 0. The van der Waals surface area contributed by atoms with Gasteiger partial charge in [-0.25, -0.2) is 0 Å². The first-order chi connectivity index (χ1) is 8.61. The summed E-state index contributed by atoms with van der Waals surface area (Å²) in [5.41, 5.74) is 6.17. The zero-order valence-electron chi connectivity index (χ0n) is 10.1. The molecule has 0 bridgehead atoms. The van der Waals surface area contributed by atoms with Crippen LogP contribution in [0.1, 0.15) is 17.5 Å². The van der Waals surface area contributed by atoms with Gasteiger partial charge in [-0.3, -0.25) is 4.79 Å². The molecule has 5 heteroatoms. The predicted molar refractivity (Wildman–Crippen MR) is 74.6 cm³/mol. The minimum Gasteiger partial charge on any atom is -0.451 e. The number of thiocarbonyl (C=S) groups is 1. The lowest BCUT2D eigenvalue weighted by molar-refractivity contribution is 0.0758. The number of para-hydroxylation sites is 1. The van der Waals surface area contributed by atoms with E-state index in [1.807, 2.05) is 31.2 Å². The van der Waals surface area contributed by atoms with Gasteiger partial charge in [-0.1, -0.05) is 30.4 Å². The largest absolute Gasteiger partial charge is 0.451 e. The molecule has 0 fully saturated rings. The SMILES string of the molecule is CCN(CC(N)=S)C(=O)c1cc2ccccc2o1. The Hall–Kier alpha value is -1.88. The van der Waals surface area contributed by atoms with Gasteiger partial charge in [0.1, 0.15) is 5.58 Å². The van der Waals surface area contributed by atoms with Gasteiger partial charge in [-0.15, -0.1) is 0 Å². The van der Waals surface area contributed by atoms with E-state index in [1.165, 1.54) is 0 Å². The average molecular weight is 262 g/mol. The number of carbonyl (C=O) groups is 1. The van der Waals surface area contributed by atoms with Crippen LogP contribution in [-0.2, 0) is 0 Å². The maximum atomic E-state index is 12.2. The quantitative estimate of drug-likeness (QED) is 0.858. The smallest absolute Gasteiger partial charge is 0.289 e. The van der Waals surface area contributed by atoms with Gasteiger partial charge in [-0.05, 0) is 19.1 Å². The van der Waals surface area contributed by atoms with Crippen LogP contribution in [-0.4, -0.2) is 28.9 Å². The Bertz CT molecular complexity index is 558. The molecule has 2 N–H and O–H groups in total. The second-order valence-corrected chi connectivity index (χ2v) is 4.46. The highest BCUT2D eigenvalue weighted by molar-refractivity contribution is 7.80. The van der Waals surface area contributed by atoms with Crippen molar-refractivity contribution in [2.45, 2.75) is 6.92 Å². The fourth-order valence-electron chi connectivity index (χ4n) is 1.76. The Kier molecular flexibility index (Phi) is 3.62. The molecule has 1 heterocycles. The number of carbonyl (C=O) groups excluding carboxylic acids is 1. The number of nitrogens with two attached hydrogens (primary N) is 1. The third-order valence-electron chi connectivity index (χ3n) is 2.65. The molecule has 0 radical (unpaired) electrons. The molecule has 0 aliphatic heterocycles. The van der Waals surface area contributed by atoms with Crippen molar-refractivity contribution in [1.82, 2.24) is 4.90 Å². The van der Waals surface area contributed by atoms with Crippen LogP contribution in [0.3, 0.4) is 0 Å². The van der Waals surface area contributed by atoms with Gasteiger partial charge in [0, 0.05) is 11.9 Å². The van der Waals surface area contributed by atoms with Crippen molar-refractivity contribution >= 4 is 34.1 Å². The van der Waals surface area contributed by atoms with Gasteiger partial charge in [-0.2, -0.15) is 0 Å². The monoisotopic (exact) mass is 262 g/mol. The molecule has 18 heavy (non-hydrogen) atoms. The zero-order chi connectivity index (χ0) is 13.1. The minimum atomic E-state index is -0.193. The summed E-state index contributed by atoms with van der Waals surface area (Å²) < 4.78 is 5.52. The summed E-state index contributed by atoms with van der Waals surface area (Å²) in [5.74, 6) is 0.121. The molecule has 0 aliphatic rings. The molecular weight excluding hydrogens is 248 g/mol. The number of likely N-dealkylation sites (N-methyl/N-ethyl adjacent to an activating group) is 1. The summed E-state index contributed by atoms with van der Waals surface area (Å²) in [6, 6.07) is 9.24. The van der Waals surface area contributed by atoms with Crippen molar-refractivity contribution < 1.29 is 9.21 Å². The first kappa shape index (κ1) is 12.6. The molecule has 4 nitrogen and oxygen atoms in total. The first-order valence-corrected chi connectivity index (χ1v) is 6.08. The van der Waals surface area contributed by atoms with Crippen molar-refractivity contribution in [1.29, 1.82) is 0 Å². The van der Waals surface area contributed by atoms with Crippen molar-refractivity contribution in [2.24, 2.45) is 5.73 Å². The van der Waals surface area contributed by atoms with Gasteiger partial charge in [0.2, 0.25) is 0 Å². The van der Waals surface area contributed by atoms with E-state index in [-0.39, 0.29) is 12.5 Å². The number of hydrogen-bond donors (Lipinski definition) is 1. The number of furan rings is 1. The molecule has 0 unspecified atom stereocenters. The lowest BCUT2D eigenvalue weighted by atomic mass is 10.2. The van der Waals surface area contributed by atoms with E-state index >= 15 is 0 Å². The van der Waals surface area contributed by atoms with Crippen molar-refractivity contribution in [3.63, 3.8) is 0 Å². The Morgan fingerprint density at radius 2 is 2.17 bits per heavy atom. The van der Waals surface area contributed by atoms with Gasteiger partial charge in [0.15, 0.2) is 5.76 Å². The average Bonchev–Trinajstić information content (AvgIpc) is 2.78. The lowest BCUT2D eigenvalue weighted by Crippen LogP contribution is -2.37. The summed E-state index contributed by atoms with van der Waals surface area (Å²) in [6.45, 7) is 2.67. The molecule has 2 aromatic rings. The van der Waals surface area contributed by atoms with Crippen LogP contribution in [0.2, 0.25) is 0 Å². The molecule has 0 atom stereocenters. The molecule has 1 aromatic heterocycles. The number of fused-ring (bicyclic) bond motifs is 1. The number of rotatable bonds is 4. The van der Waals surface area contributed by atoms with Gasteiger partial charge >= 0.3 is 0 Å². The van der Waals surface area contributed by atoms with Crippen LogP contribution in [0.25, 0.3) is 11.0 Å². The number of benzene rings is 1. The Labute approximate surface area is 110 Å². The van der Waals surface area contributed by atoms with E-state index in [0.29, 0.717) is 22.9 Å². The molecule has 0 saturated heterocycles. The molecule has 1 amide bonds. The summed E-state index contributed by atoms with van der Waals surface area (Å²) in [4.78, 5) is 14.0. The van der Waals surface area contributed by atoms with Crippen LogP contribution >= 0.6 is 12.2 Å². The van der Waals surface area contributed by atoms with Crippen molar-refractivity contribution in [3.05, 3.63) is 36.1 Å². The molecule has 1 aromatic carbocycles. The second kappa shape index (κ2) is 5.18. The number of nitrogens with zero attached hydrogens (tertiary/aromatic N) is 1. The fourth-order valence-corrected chi connectivity index (χ4v) is 1.91. The maximum absolute atomic E-state index is 12.2. The van der Waals surface area contributed by atoms with Crippen molar-refractivity contribution in [3.8, 4) is 0 Å². The van der Waals surface area contributed by atoms with Crippen LogP contribution in [0.15, 0.2) is 34.7 Å². The summed E-state index contributed by atoms with van der Waals surface area (Å²) in [6.07, 6.45) is 0. The third kappa shape index (κ3) is 2.51. The molecule has 94 valence electrons. The fraction of sp³-hybridized carbons (Fsp3) is 0.231. The Morgan fingerprint density at radius 1 is 1.44 bits per heavy atom. The van der Waals surface area contributed by atoms with E-state index < -0.39 is 0 Å². The normalized spacial score (nSPS) is 10.5. The summed E-state index contributed by atoms with van der Waals surface area (Å²) in [5, 5.41) is 0.909. The van der Waals surface area contributed by atoms with Gasteiger partial charge in [0.05, 0.1) is 11.5 Å². The summed E-state index contributed by atoms with van der Waals surface area (Å²) >= 11 is 4.82. The van der Waals surface area contributed by atoms with Crippen LogP contribution in [0.5, 0.6) is 0 Å². The van der Waals surface area contributed by atoms with Gasteiger partial charge < -0.3 is 15.1 Å². The highest BCUT2D eigenvalue weighted by atomic mass is 32.1. The highest BCUT2D eigenvalue weighted by Crippen LogP contribution is 2.19. The van der Waals surface area contributed by atoms with Crippen molar-refractivity contribution in [2.75, 3.05) is 13.1 Å². The maximum Gasteiger partial charge on any atom is 0.289 e. The lowest BCUT2D eigenvalue weighted by Gasteiger charge is -2.18. The van der Waals surface area contributed by atoms with Crippen LogP contribution in [0, 0.1) is 0 Å². The predicted octanol–water partition coefficient (Wildman–Crippen LogP) is 2.18. The highest BCUT2D eigenvalue weighted by Gasteiger charge is 2.18. The van der Waals surface area contributed by atoms with E-state index in [0.717, 1.165) is 5.39 Å². The Balaban J connectivity index is 2.29. The molecule has 2 rings (SSSR count). The second-order valence-electron chi connectivity index (χ2n) is 3.93. The standard InChI is InChI=1S/C13H14N2O2S/c1-2-15(8-12(14)18)13(16)11-7-9-5-3-4-6-10(9)17-11/h3-7H,2,8H2,1H3,(H2,14,18). The van der Waals surface area contributed by atoms with Gasteiger partial charge in [0.25, 0.3) is 5.91 Å². The Morgan fingerprint density at radius 3 is 2.78 bits per heavy atom. The molecular formula is C13H14N2O2S. The first-order valence-electron chi connectivity index (χ1n) is 5.68. The van der Waals surface area contributed by atoms with Crippen LogP contribution in [0.4, 0.5) is 0 Å². The molecule has 0 saturated carbocycles. The van der Waals surface area contributed by atoms with E-state index in [4.69, 9.17) is 22.4 Å². The number of hydrogen-bond acceptors (Lipinski definition) is 3. The minimum absolute atomic E-state index is 0.193. The third-order valence-corrected chi connectivity index (χ3v) is 2.78. The topological polar surface area (TPSA) is 59.5 Å². The van der Waals surface area contributed by atoms with E-state index in [9.17, 15) is 4.79 Å². The zero-order valence-corrected chi connectivity index (χ0v) is 10.9. The molecule has 0 aliphatic carbocycles. The van der Waals surface area contributed by atoms with Crippen LogP contribution < -0.4 is 5.73 Å². The molecule has 0 spiro atoms. The van der Waals surface area contributed by atoms with E-state index in [2.05, 4.69) is 0 Å². The van der Waals surface area contributed by atoms with E-state index in [1.54, 1.807) is 11.0 Å². The number of amides is 1.